The Hall–Kier alpha value is -1.79. The summed E-state index contributed by atoms with van der Waals surface area (Å²) in [5, 5.41) is 11.2. The number of esters is 1. The predicted molar refractivity (Wildman–Crippen MR) is 64.1 cm³/mol. The molecule has 2 N–H and O–H groups in total. The van der Waals surface area contributed by atoms with Gasteiger partial charge in [-0.3, -0.25) is 4.79 Å². The number of carboxylic acids is 1. The highest BCUT2D eigenvalue weighted by atomic mass is 16.5. The molecule has 7 nitrogen and oxygen atoms in total. The zero-order valence-electron chi connectivity index (χ0n) is 10.9. The topological polar surface area (TPSA) is 95.9 Å². The molecule has 0 saturated heterocycles. The summed E-state index contributed by atoms with van der Waals surface area (Å²) in [6.45, 7) is 2.52. The summed E-state index contributed by atoms with van der Waals surface area (Å²) in [5.41, 5.74) is 0. The summed E-state index contributed by atoms with van der Waals surface area (Å²) in [7, 11) is 2.73. The Labute approximate surface area is 106 Å². The maximum atomic E-state index is 11.6. The molecule has 0 spiro atoms. The molecule has 0 aromatic rings. The van der Waals surface area contributed by atoms with Gasteiger partial charge in [-0.25, -0.2) is 9.59 Å². The van der Waals surface area contributed by atoms with Gasteiger partial charge in [0.25, 0.3) is 0 Å². The average molecular weight is 260 g/mol. The van der Waals surface area contributed by atoms with Crippen molar-refractivity contribution in [2.75, 3.05) is 20.7 Å². The van der Waals surface area contributed by atoms with Gasteiger partial charge < -0.3 is 20.1 Å². The molecule has 0 fully saturated rings. The summed E-state index contributed by atoms with van der Waals surface area (Å²) in [4.78, 5) is 34.9. The van der Waals surface area contributed by atoms with Crippen LogP contribution in [0.2, 0.25) is 0 Å². The lowest BCUT2D eigenvalue weighted by Gasteiger charge is -2.20. The van der Waals surface area contributed by atoms with E-state index in [1.165, 1.54) is 4.90 Å². The van der Waals surface area contributed by atoms with Crippen molar-refractivity contribution in [1.29, 1.82) is 0 Å². The van der Waals surface area contributed by atoms with Gasteiger partial charge in [-0.05, 0) is 6.42 Å². The summed E-state index contributed by atoms with van der Waals surface area (Å²) < 4.78 is 4.37. The van der Waals surface area contributed by atoms with Gasteiger partial charge in [0, 0.05) is 13.6 Å². The van der Waals surface area contributed by atoms with Crippen molar-refractivity contribution >= 4 is 18.0 Å². The third kappa shape index (κ3) is 6.07. The molecule has 2 amide bonds. The summed E-state index contributed by atoms with van der Waals surface area (Å²) in [6.07, 6.45) is 1.37. The van der Waals surface area contributed by atoms with E-state index in [2.05, 4.69) is 10.1 Å². The van der Waals surface area contributed by atoms with E-state index in [0.717, 1.165) is 20.0 Å². The Morgan fingerprint density at radius 2 is 2.00 bits per heavy atom. The maximum absolute atomic E-state index is 11.6. The number of amides is 2. The zero-order valence-corrected chi connectivity index (χ0v) is 10.9. The first-order valence-corrected chi connectivity index (χ1v) is 5.73. The van der Waals surface area contributed by atoms with E-state index in [9.17, 15) is 14.4 Å². The van der Waals surface area contributed by atoms with Crippen molar-refractivity contribution in [3.8, 4) is 0 Å². The Balaban J connectivity index is 4.35. The van der Waals surface area contributed by atoms with Crippen molar-refractivity contribution in [2.24, 2.45) is 0 Å². The van der Waals surface area contributed by atoms with Crippen LogP contribution in [-0.2, 0) is 14.3 Å². The van der Waals surface area contributed by atoms with E-state index in [1.807, 2.05) is 6.92 Å². The normalized spacial score (nSPS) is 11.5. The quantitative estimate of drug-likeness (QED) is 0.648. The smallest absolute Gasteiger partial charge is 0.326 e. The van der Waals surface area contributed by atoms with Gasteiger partial charge in [-0.15, -0.1) is 0 Å². The number of carbonyl (C=O) groups is 3. The monoisotopic (exact) mass is 260 g/mol. The molecule has 0 saturated carbocycles. The first-order valence-electron chi connectivity index (χ1n) is 5.73. The van der Waals surface area contributed by atoms with Gasteiger partial charge >= 0.3 is 18.0 Å². The van der Waals surface area contributed by atoms with E-state index < -0.39 is 24.0 Å². The minimum atomic E-state index is -1.27. The highest BCUT2D eigenvalue weighted by molar-refractivity contribution is 5.86. The van der Waals surface area contributed by atoms with Gasteiger partial charge in [0.2, 0.25) is 0 Å². The van der Waals surface area contributed by atoms with Crippen LogP contribution in [0.25, 0.3) is 0 Å². The Kier molecular flexibility index (Phi) is 7.50. The van der Waals surface area contributed by atoms with Crippen LogP contribution >= 0.6 is 0 Å². The van der Waals surface area contributed by atoms with Crippen LogP contribution < -0.4 is 5.32 Å². The molecule has 0 heterocycles. The van der Waals surface area contributed by atoms with E-state index in [-0.39, 0.29) is 6.42 Å². The Bertz CT molecular complexity index is 306. The van der Waals surface area contributed by atoms with Gasteiger partial charge in [-0.2, -0.15) is 0 Å². The van der Waals surface area contributed by atoms with Crippen LogP contribution in [0.1, 0.15) is 26.2 Å². The molecule has 0 radical (unpaired) electrons. The summed E-state index contributed by atoms with van der Waals surface area (Å²) >= 11 is 0. The molecular weight excluding hydrogens is 240 g/mol. The second kappa shape index (κ2) is 8.32. The Morgan fingerprint density at radius 1 is 1.39 bits per heavy atom. The van der Waals surface area contributed by atoms with E-state index >= 15 is 0 Å². The molecule has 7 heteroatoms. The van der Waals surface area contributed by atoms with Crippen molar-refractivity contribution in [3.63, 3.8) is 0 Å². The van der Waals surface area contributed by atoms with E-state index in [1.54, 1.807) is 7.05 Å². The van der Waals surface area contributed by atoms with Gasteiger partial charge in [0.15, 0.2) is 0 Å². The largest absolute Gasteiger partial charge is 0.480 e. The number of unbranched alkanes of at least 4 members (excludes halogenated alkanes) is 1. The minimum absolute atomic E-state index is 0.390. The molecule has 0 rings (SSSR count). The number of methoxy groups -OCH3 is 1. The van der Waals surface area contributed by atoms with Crippen LogP contribution in [-0.4, -0.2) is 54.7 Å². The molecule has 104 valence electrons. The number of hydrogen-bond acceptors (Lipinski definition) is 4. The number of aliphatic carboxylic acids is 1. The van der Waals surface area contributed by atoms with Crippen molar-refractivity contribution < 1.29 is 24.2 Å². The number of carbonyl (C=O) groups excluding carboxylic acids is 2. The third-order valence-electron chi connectivity index (χ3n) is 2.39. The molecule has 0 aliphatic carbocycles. The van der Waals surface area contributed by atoms with Crippen LogP contribution in [0.3, 0.4) is 0 Å². The number of hydrogen-bond donors (Lipinski definition) is 2. The first kappa shape index (κ1) is 16.2. The standard InChI is InChI=1S/C11H20N2O5/c1-4-5-6-13(2)11(17)12-8(10(15)16)7-9(14)18-3/h8H,4-7H2,1-3H3,(H,12,17)(H,15,16)/t8-/m0/s1. The summed E-state index contributed by atoms with van der Waals surface area (Å²) in [6, 6.07) is -1.78. The number of rotatable bonds is 7. The highest BCUT2D eigenvalue weighted by Gasteiger charge is 2.24. The lowest BCUT2D eigenvalue weighted by atomic mass is 10.2. The van der Waals surface area contributed by atoms with Gasteiger partial charge in [-0.1, -0.05) is 13.3 Å². The van der Waals surface area contributed by atoms with Crippen LogP contribution in [0, 0.1) is 0 Å². The van der Waals surface area contributed by atoms with Crippen LogP contribution in [0.5, 0.6) is 0 Å². The number of nitrogens with one attached hydrogen (secondary N) is 1. The molecule has 0 aliphatic rings. The number of ether oxygens (including phenoxy) is 1. The van der Waals surface area contributed by atoms with Gasteiger partial charge in [0.05, 0.1) is 13.5 Å². The molecule has 0 aromatic heterocycles. The SMILES string of the molecule is CCCCN(C)C(=O)N[C@@H](CC(=O)OC)C(=O)O. The molecule has 0 bridgehead atoms. The molecule has 0 unspecified atom stereocenters. The third-order valence-corrected chi connectivity index (χ3v) is 2.39. The Morgan fingerprint density at radius 3 is 2.44 bits per heavy atom. The lowest BCUT2D eigenvalue weighted by Crippen LogP contribution is -2.47. The fourth-order valence-electron chi connectivity index (χ4n) is 1.21. The zero-order chi connectivity index (χ0) is 14.1. The molecule has 18 heavy (non-hydrogen) atoms. The number of nitrogens with zero attached hydrogens (tertiary/aromatic N) is 1. The minimum Gasteiger partial charge on any atom is -0.480 e. The van der Waals surface area contributed by atoms with E-state index in [4.69, 9.17) is 5.11 Å². The van der Waals surface area contributed by atoms with Crippen LogP contribution in [0.4, 0.5) is 4.79 Å². The molecule has 0 aliphatic heterocycles. The van der Waals surface area contributed by atoms with Crippen LogP contribution in [0.15, 0.2) is 0 Å². The average Bonchev–Trinajstić information content (AvgIpc) is 2.34. The van der Waals surface area contributed by atoms with Gasteiger partial charge in [0.1, 0.15) is 6.04 Å². The van der Waals surface area contributed by atoms with Crippen molar-refractivity contribution in [3.05, 3.63) is 0 Å². The number of carboxylic acid groups (broad SMARTS) is 1. The molecule has 0 aromatic carbocycles. The summed E-state index contributed by atoms with van der Waals surface area (Å²) in [5.74, 6) is -1.95. The fraction of sp³-hybridized carbons (Fsp3) is 0.727. The van der Waals surface area contributed by atoms with Crippen molar-refractivity contribution in [1.82, 2.24) is 10.2 Å². The van der Waals surface area contributed by atoms with E-state index in [0.29, 0.717) is 6.54 Å². The first-order chi connectivity index (χ1) is 8.42. The lowest BCUT2D eigenvalue weighted by molar-refractivity contribution is -0.147. The fourth-order valence-corrected chi connectivity index (χ4v) is 1.21. The second-order valence-electron chi connectivity index (χ2n) is 3.90. The molecular formula is C11H20N2O5. The predicted octanol–water partition coefficient (Wildman–Crippen LogP) is 0.444. The maximum Gasteiger partial charge on any atom is 0.326 e. The number of urea groups is 1. The second-order valence-corrected chi connectivity index (χ2v) is 3.90. The molecule has 1 atom stereocenters. The highest BCUT2D eigenvalue weighted by Crippen LogP contribution is 1.98. The van der Waals surface area contributed by atoms with Crippen molar-refractivity contribution in [2.45, 2.75) is 32.2 Å².